The molecule has 54 heavy (non-hydrogen) atoms. The van der Waals surface area contributed by atoms with Crippen LogP contribution >= 0.6 is 55.1 Å². The lowest BCUT2D eigenvalue weighted by atomic mass is 10.1. The first-order chi connectivity index (χ1) is 25.6. The van der Waals surface area contributed by atoms with Gasteiger partial charge in [0.15, 0.2) is 0 Å². The highest BCUT2D eigenvalue weighted by Crippen LogP contribution is 2.26. The van der Waals surface area contributed by atoms with E-state index in [1.807, 2.05) is 91.9 Å². The van der Waals surface area contributed by atoms with Crippen LogP contribution in [0.15, 0.2) is 81.0 Å². The highest BCUT2D eigenvalue weighted by Gasteiger charge is 2.26. The molecule has 16 heteroatoms. The summed E-state index contributed by atoms with van der Waals surface area (Å²) in [6.07, 6.45) is 3.60. The molecular formula is C38H40Br2Cl2N10O2. The molecule has 6 heterocycles. The van der Waals surface area contributed by atoms with Gasteiger partial charge in [0.05, 0.1) is 38.9 Å². The van der Waals surface area contributed by atoms with Crippen molar-refractivity contribution in [1.29, 1.82) is 0 Å². The zero-order valence-electron chi connectivity index (χ0n) is 30.7. The number of piperazine rings is 1. The van der Waals surface area contributed by atoms with Gasteiger partial charge in [-0.05, 0) is 114 Å². The van der Waals surface area contributed by atoms with Crippen LogP contribution in [0.1, 0.15) is 36.6 Å². The SMILES string of the molecule is CC(=O)N1CCN(c2ncc(-c3ccc4c(=O)n(C)n(Cc5nc(C)ccc5Cl)c4c3)cn2)C[C@H]1C.Cc1ccc(Cl)c(Br)n1.Cc1ccc(N)c(Br)n1. The first kappa shape index (κ1) is 40.8. The van der Waals surface area contributed by atoms with Crippen molar-refractivity contribution in [3.63, 3.8) is 0 Å². The number of halogens is 4. The summed E-state index contributed by atoms with van der Waals surface area (Å²) in [7, 11) is 1.75. The monoisotopic (exact) mass is 896 g/mol. The Morgan fingerprint density at radius 3 is 2.04 bits per heavy atom. The molecule has 1 saturated heterocycles. The molecule has 1 fully saturated rings. The van der Waals surface area contributed by atoms with E-state index in [9.17, 15) is 9.59 Å². The van der Waals surface area contributed by atoms with E-state index in [1.165, 1.54) is 0 Å². The van der Waals surface area contributed by atoms with Gasteiger partial charge in [0.25, 0.3) is 5.56 Å². The summed E-state index contributed by atoms with van der Waals surface area (Å²) in [5.74, 6) is 0.736. The van der Waals surface area contributed by atoms with Crippen molar-refractivity contribution in [2.24, 2.45) is 7.05 Å². The number of carbonyl (C=O) groups excluding carboxylic acids is 1. The van der Waals surface area contributed by atoms with E-state index in [2.05, 4.69) is 61.7 Å². The normalized spacial score (nSPS) is 13.9. The van der Waals surface area contributed by atoms with Gasteiger partial charge in [0.1, 0.15) is 9.21 Å². The number of nitrogens with two attached hydrogens (primary N) is 1. The fourth-order valence-corrected chi connectivity index (χ4v) is 6.97. The van der Waals surface area contributed by atoms with Crippen molar-refractivity contribution in [2.75, 3.05) is 30.3 Å². The predicted octanol–water partition coefficient (Wildman–Crippen LogP) is 7.80. The number of rotatable bonds is 4. The first-order valence-electron chi connectivity index (χ1n) is 17.0. The van der Waals surface area contributed by atoms with E-state index < -0.39 is 0 Å². The summed E-state index contributed by atoms with van der Waals surface area (Å²) in [5, 5.41) is 1.84. The third kappa shape index (κ3) is 9.83. The van der Waals surface area contributed by atoms with Gasteiger partial charge in [-0.2, -0.15) is 0 Å². The molecule has 1 amide bonds. The Hall–Kier alpha value is -4.37. The number of benzene rings is 1. The van der Waals surface area contributed by atoms with Gasteiger partial charge in [-0.25, -0.2) is 19.9 Å². The minimum atomic E-state index is -0.0780. The van der Waals surface area contributed by atoms with Crippen LogP contribution in [-0.4, -0.2) is 70.8 Å². The second-order valence-electron chi connectivity index (χ2n) is 12.8. The highest BCUT2D eigenvalue weighted by molar-refractivity contribution is 9.10. The maximum absolute atomic E-state index is 12.9. The Bertz CT molecular complexity index is 2300. The Kier molecular flexibility index (Phi) is 13.5. The number of carbonyl (C=O) groups is 1. The van der Waals surface area contributed by atoms with Crippen LogP contribution in [0.4, 0.5) is 11.6 Å². The summed E-state index contributed by atoms with van der Waals surface area (Å²) in [5.41, 5.74) is 12.1. The molecule has 5 aromatic heterocycles. The minimum Gasteiger partial charge on any atom is -0.397 e. The van der Waals surface area contributed by atoms with Crippen molar-refractivity contribution >= 4 is 83.5 Å². The standard InChI is InChI=1S/C26H28ClN7O2.C6H5BrClN.C6H7BrN2/c1-16-5-8-22(27)23(30-16)15-34-24-11-19(6-7-21(24)25(36)31(34)4)20-12-28-26(29-13-20)32-9-10-33(18(3)35)17(2)14-32;2*1-4-2-3-5(8)6(7)9-4/h5-8,11-13,17H,9-10,14-15H2,1-4H3;2-3H,1H3;2-3H,8H2,1H3/t17-;;/m1../s1. The molecule has 1 aliphatic heterocycles. The summed E-state index contributed by atoms with van der Waals surface area (Å²) in [4.78, 5) is 50.5. The van der Waals surface area contributed by atoms with Gasteiger partial charge in [0, 0.05) is 74.7 Å². The van der Waals surface area contributed by atoms with E-state index >= 15 is 0 Å². The Morgan fingerprint density at radius 2 is 1.46 bits per heavy atom. The van der Waals surface area contributed by atoms with E-state index in [-0.39, 0.29) is 17.5 Å². The second kappa shape index (κ2) is 17.8. The molecule has 7 rings (SSSR count). The van der Waals surface area contributed by atoms with Crippen molar-refractivity contribution in [3.8, 4) is 11.1 Å². The second-order valence-corrected chi connectivity index (χ2v) is 15.2. The topological polar surface area (TPSA) is 141 Å². The van der Waals surface area contributed by atoms with Crippen LogP contribution in [0.2, 0.25) is 10.0 Å². The molecule has 0 aliphatic carbocycles. The number of aryl methyl sites for hydroxylation is 3. The molecule has 0 saturated carbocycles. The molecule has 1 aromatic carbocycles. The number of nitrogen functional groups attached to an aromatic ring is 1. The largest absolute Gasteiger partial charge is 0.397 e. The average Bonchev–Trinajstić information content (AvgIpc) is 3.37. The van der Waals surface area contributed by atoms with E-state index in [0.29, 0.717) is 63.5 Å². The van der Waals surface area contributed by atoms with Crippen LogP contribution in [0.3, 0.4) is 0 Å². The molecule has 0 radical (unpaired) electrons. The maximum atomic E-state index is 12.9. The average molecular weight is 900 g/mol. The molecule has 0 bridgehead atoms. The fourth-order valence-electron chi connectivity index (χ4n) is 5.87. The van der Waals surface area contributed by atoms with Crippen LogP contribution in [0.25, 0.3) is 22.0 Å². The number of amides is 1. The summed E-state index contributed by atoms with van der Waals surface area (Å²) in [6.45, 7) is 11.8. The number of anilines is 2. The van der Waals surface area contributed by atoms with Crippen molar-refractivity contribution in [1.82, 2.24) is 39.2 Å². The zero-order chi connectivity index (χ0) is 39.3. The number of nitrogens with zero attached hydrogens (tertiary/aromatic N) is 9. The highest BCUT2D eigenvalue weighted by atomic mass is 79.9. The Labute approximate surface area is 340 Å². The third-order valence-corrected chi connectivity index (χ3v) is 10.9. The molecule has 6 aromatic rings. The summed E-state index contributed by atoms with van der Waals surface area (Å²) >= 11 is 18.5. The van der Waals surface area contributed by atoms with Crippen LogP contribution in [0.5, 0.6) is 0 Å². The molecule has 0 unspecified atom stereocenters. The molecule has 2 N–H and O–H groups in total. The quantitative estimate of drug-likeness (QED) is 0.176. The Morgan fingerprint density at radius 1 is 0.852 bits per heavy atom. The maximum Gasteiger partial charge on any atom is 0.274 e. The van der Waals surface area contributed by atoms with Gasteiger partial charge in [-0.3, -0.25) is 23.9 Å². The summed E-state index contributed by atoms with van der Waals surface area (Å²) in [6, 6.07) is 16.9. The number of hydrogen-bond acceptors (Lipinski definition) is 9. The van der Waals surface area contributed by atoms with Gasteiger partial charge < -0.3 is 15.5 Å². The number of aromatic nitrogens is 7. The lowest BCUT2D eigenvalue weighted by Crippen LogP contribution is -2.53. The lowest BCUT2D eigenvalue weighted by Gasteiger charge is -2.39. The predicted molar refractivity (Wildman–Crippen MR) is 223 cm³/mol. The Balaban J connectivity index is 0.000000253. The van der Waals surface area contributed by atoms with Crippen LogP contribution in [0, 0.1) is 20.8 Å². The molecule has 282 valence electrons. The van der Waals surface area contributed by atoms with Crippen molar-refractivity contribution < 1.29 is 4.79 Å². The third-order valence-electron chi connectivity index (χ3n) is 8.77. The van der Waals surface area contributed by atoms with E-state index in [4.69, 9.17) is 28.9 Å². The molecular weight excluding hydrogens is 859 g/mol. The fraction of sp³-hybridized carbons (Fsp3) is 0.289. The van der Waals surface area contributed by atoms with Gasteiger partial charge >= 0.3 is 0 Å². The first-order valence-corrected chi connectivity index (χ1v) is 19.3. The van der Waals surface area contributed by atoms with Crippen molar-refractivity contribution in [2.45, 2.75) is 47.2 Å². The molecule has 1 atom stereocenters. The number of pyridine rings is 3. The smallest absolute Gasteiger partial charge is 0.274 e. The zero-order valence-corrected chi connectivity index (χ0v) is 35.4. The lowest BCUT2D eigenvalue weighted by molar-refractivity contribution is -0.131. The van der Waals surface area contributed by atoms with E-state index in [0.717, 1.165) is 38.3 Å². The van der Waals surface area contributed by atoms with Gasteiger partial charge in [0.2, 0.25) is 11.9 Å². The van der Waals surface area contributed by atoms with E-state index in [1.54, 1.807) is 31.0 Å². The minimum absolute atomic E-state index is 0.0780. The van der Waals surface area contributed by atoms with Crippen LogP contribution < -0.4 is 16.2 Å². The number of hydrogen-bond donors (Lipinski definition) is 1. The summed E-state index contributed by atoms with van der Waals surface area (Å²) < 4.78 is 4.92. The van der Waals surface area contributed by atoms with Crippen molar-refractivity contribution in [3.05, 3.63) is 119 Å². The molecule has 0 spiro atoms. The molecule has 12 nitrogen and oxygen atoms in total. The number of fused-ring (bicyclic) bond motifs is 1. The van der Waals surface area contributed by atoms with Gasteiger partial charge in [-0.1, -0.05) is 29.3 Å². The van der Waals surface area contributed by atoms with Gasteiger partial charge in [-0.15, -0.1) is 0 Å². The van der Waals surface area contributed by atoms with Crippen LogP contribution in [-0.2, 0) is 18.4 Å². The molecule has 1 aliphatic rings.